The van der Waals surface area contributed by atoms with E-state index >= 15 is 0 Å². The van der Waals surface area contributed by atoms with Crippen LogP contribution in [0.1, 0.15) is 11.1 Å². The molecular formula is C17H10Cl2N2O5S. The number of imide groups is 1. The molecule has 1 saturated heterocycles. The number of aromatic hydroxyl groups is 1. The molecule has 0 atom stereocenters. The number of phenolic OH excluding ortho intramolecular Hbond substituents is 1. The van der Waals surface area contributed by atoms with E-state index in [2.05, 4.69) is 0 Å². The first kappa shape index (κ1) is 19.2. The minimum atomic E-state index is -0.618. The number of nitro groups is 1. The van der Waals surface area contributed by atoms with Gasteiger partial charge in [0.2, 0.25) is 0 Å². The van der Waals surface area contributed by atoms with E-state index in [4.69, 9.17) is 23.2 Å². The van der Waals surface area contributed by atoms with E-state index in [9.17, 15) is 24.8 Å². The minimum Gasteiger partial charge on any atom is -0.507 e. The molecule has 2 aromatic carbocycles. The lowest BCUT2D eigenvalue weighted by Crippen LogP contribution is -2.27. The maximum Gasteiger partial charge on any atom is 0.293 e. The first-order valence-corrected chi connectivity index (χ1v) is 9.00. The highest BCUT2D eigenvalue weighted by molar-refractivity contribution is 8.18. The predicted molar refractivity (Wildman–Crippen MR) is 103 cm³/mol. The summed E-state index contributed by atoms with van der Waals surface area (Å²) in [6, 6.07) is 8.20. The van der Waals surface area contributed by atoms with Crippen LogP contribution >= 0.6 is 35.0 Å². The second-order valence-electron chi connectivity index (χ2n) is 5.52. The van der Waals surface area contributed by atoms with Crippen LogP contribution in [0.15, 0.2) is 41.3 Å². The van der Waals surface area contributed by atoms with E-state index in [0.717, 1.165) is 23.1 Å². The SMILES string of the molecule is O=C1S/C(=C\c2cc([N+](=O)[O-])ccc2O)C(=O)N1Cc1ccc(Cl)c(Cl)c1. The molecule has 27 heavy (non-hydrogen) atoms. The zero-order chi connectivity index (χ0) is 19.7. The molecule has 0 aliphatic carbocycles. The molecular weight excluding hydrogens is 415 g/mol. The van der Waals surface area contributed by atoms with Crippen LogP contribution < -0.4 is 0 Å². The van der Waals surface area contributed by atoms with Crippen molar-refractivity contribution in [1.82, 2.24) is 4.90 Å². The molecule has 7 nitrogen and oxygen atoms in total. The summed E-state index contributed by atoms with van der Waals surface area (Å²) < 4.78 is 0. The van der Waals surface area contributed by atoms with Crippen LogP contribution in [-0.2, 0) is 11.3 Å². The van der Waals surface area contributed by atoms with Gasteiger partial charge in [0.1, 0.15) is 5.75 Å². The van der Waals surface area contributed by atoms with Gasteiger partial charge in [-0.15, -0.1) is 0 Å². The highest BCUT2D eigenvalue weighted by Crippen LogP contribution is 2.36. The third kappa shape index (κ3) is 4.08. The number of non-ortho nitro benzene ring substituents is 1. The number of hydrogen-bond acceptors (Lipinski definition) is 6. The number of halogens is 2. The van der Waals surface area contributed by atoms with E-state index in [1.165, 1.54) is 6.08 Å². The lowest BCUT2D eigenvalue weighted by Gasteiger charge is -2.12. The van der Waals surface area contributed by atoms with Crippen molar-refractivity contribution >= 4 is 57.9 Å². The summed E-state index contributed by atoms with van der Waals surface area (Å²) in [7, 11) is 0. The molecule has 0 aromatic heterocycles. The molecule has 138 valence electrons. The molecule has 3 rings (SSSR count). The maximum absolute atomic E-state index is 12.5. The second kappa shape index (κ2) is 7.59. The molecule has 0 radical (unpaired) electrons. The molecule has 0 spiro atoms. The smallest absolute Gasteiger partial charge is 0.293 e. The third-order valence-electron chi connectivity index (χ3n) is 3.71. The first-order valence-electron chi connectivity index (χ1n) is 7.43. The first-order chi connectivity index (χ1) is 12.8. The molecule has 1 aliphatic heterocycles. The normalized spacial score (nSPS) is 15.6. The number of rotatable bonds is 4. The number of hydrogen-bond donors (Lipinski definition) is 1. The molecule has 0 bridgehead atoms. The van der Waals surface area contributed by atoms with Gasteiger partial charge in [0.15, 0.2) is 0 Å². The molecule has 10 heteroatoms. The Kier molecular flexibility index (Phi) is 5.41. The van der Waals surface area contributed by atoms with Gasteiger partial charge in [-0.2, -0.15) is 0 Å². The Morgan fingerprint density at radius 1 is 1.15 bits per heavy atom. The molecule has 1 aliphatic rings. The van der Waals surface area contributed by atoms with Crippen LogP contribution in [-0.4, -0.2) is 26.1 Å². The Balaban J connectivity index is 1.87. The van der Waals surface area contributed by atoms with E-state index in [1.807, 2.05) is 0 Å². The summed E-state index contributed by atoms with van der Waals surface area (Å²) in [6.07, 6.45) is 1.25. The van der Waals surface area contributed by atoms with E-state index < -0.39 is 16.1 Å². The largest absolute Gasteiger partial charge is 0.507 e. The fourth-order valence-electron chi connectivity index (χ4n) is 2.37. The van der Waals surface area contributed by atoms with Crippen molar-refractivity contribution in [2.45, 2.75) is 6.54 Å². The number of carbonyl (C=O) groups excluding carboxylic acids is 2. The van der Waals surface area contributed by atoms with Gasteiger partial charge < -0.3 is 5.11 Å². The van der Waals surface area contributed by atoms with Crippen LogP contribution in [0.2, 0.25) is 10.0 Å². The maximum atomic E-state index is 12.5. The Morgan fingerprint density at radius 3 is 2.56 bits per heavy atom. The van der Waals surface area contributed by atoms with Gasteiger partial charge >= 0.3 is 0 Å². The Hall–Kier alpha value is -2.55. The molecule has 1 N–H and O–H groups in total. The fraction of sp³-hybridized carbons (Fsp3) is 0.0588. The second-order valence-corrected chi connectivity index (χ2v) is 7.32. The van der Waals surface area contributed by atoms with Crippen LogP contribution in [0.25, 0.3) is 6.08 Å². The summed E-state index contributed by atoms with van der Waals surface area (Å²) in [5.74, 6) is -0.807. The number of benzene rings is 2. The number of amides is 2. The standard InChI is InChI=1S/C17H10Cl2N2O5S/c18-12-3-1-9(5-13(12)19)8-20-16(23)15(27-17(20)24)7-10-6-11(21(25)26)2-4-14(10)22/h1-7,22H,8H2/b15-7-. The Bertz CT molecular complexity index is 1010. The van der Waals surface area contributed by atoms with Crippen LogP contribution in [0.3, 0.4) is 0 Å². The quantitative estimate of drug-likeness (QED) is 0.427. The van der Waals surface area contributed by atoms with Crippen molar-refractivity contribution < 1.29 is 19.6 Å². The van der Waals surface area contributed by atoms with Crippen molar-refractivity contribution in [3.05, 3.63) is 72.6 Å². The zero-order valence-corrected chi connectivity index (χ0v) is 15.7. The summed E-state index contributed by atoms with van der Waals surface area (Å²) in [6.45, 7) is -0.000183. The summed E-state index contributed by atoms with van der Waals surface area (Å²) in [5.41, 5.74) is 0.449. The molecule has 0 saturated carbocycles. The van der Waals surface area contributed by atoms with Crippen molar-refractivity contribution in [1.29, 1.82) is 0 Å². The molecule has 2 amide bonds. The minimum absolute atomic E-state index is 0.000183. The highest BCUT2D eigenvalue weighted by atomic mass is 35.5. The van der Waals surface area contributed by atoms with Crippen molar-refractivity contribution in [2.75, 3.05) is 0 Å². The van der Waals surface area contributed by atoms with Gasteiger partial charge in [-0.05, 0) is 41.6 Å². The molecule has 0 unspecified atom stereocenters. The molecule has 1 heterocycles. The van der Waals surface area contributed by atoms with Gasteiger partial charge in [-0.3, -0.25) is 24.6 Å². The lowest BCUT2D eigenvalue weighted by atomic mass is 10.1. The third-order valence-corrected chi connectivity index (χ3v) is 5.35. The van der Waals surface area contributed by atoms with E-state index in [-0.39, 0.29) is 28.5 Å². The highest BCUT2D eigenvalue weighted by Gasteiger charge is 2.35. The van der Waals surface area contributed by atoms with Gasteiger partial charge in [-0.1, -0.05) is 29.3 Å². The predicted octanol–water partition coefficient (Wildman–Crippen LogP) is 4.84. The number of thioether (sulfide) groups is 1. The van der Waals surface area contributed by atoms with Crippen molar-refractivity contribution in [2.24, 2.45) is 0 Å². The van der Waals surface area contributed by atoms with E-state index in [0.29, 0.717) is 27.4 Å². The summed E-state index contributed by atoms with van der Waals surface area (Å²) in [5, 5.41) is 20.9. The van der Waals surface area contributed by atoms with Gasteiger partial charge in [0.25, 0.3) is 16.8 Å². The summed E-state index contributed by atoms with van der Waals surface area (Å²) in [4.78, 5) is 36.1. The number of carbonyl (C=O) groups is 2. The number of nitro benzene ring substituents is 1. The van der Waals surface area contributed by atoms with Gasteiger partial charge in [-0.25, -0.2) is 0 Å². The monoisotopic (exact) mass is 424 g/mol. The number of nitrogens with zero attached hydrogens (tertiary/aromatic N) is 2. The van der Waals surface area contributed by atoms with Crippen molar-refractivity contribution in [3.63, 3.8) is 0 Å². The topological polar surface area (TPSA) is 101 Å². The summed E-state index contributed by atoms with van der Waals surface area (Å²) >= 11 is 12.5. The molecule has 2 aromatic rings. The van der Waals surface area contributed by atoms with Gasteiger partial charge in [0, 0.05) is 17.7 Å². The lowest BCUT2D eigenvalue weighted by molar-refractivity contribution is -0.384. The number of phenols is 1. The Morgan fingerprint density at radius 2 is 1.89 bits per heavy atom. The van der Waals surface area contributed by atoms with Crippen LogP contribution in [0.4, 0.5) is 10.5 Å². The average Bonchev–Trinajstić information content (AvgIpc) is 2.87. The van der Waals surface area contributed by atoms with E-state index in [1.54, 1.807) is 18.2 Å². The Labute approximate surface area is 167 Å². The average molecular weight is 425 g/mol. The molecule has 1 fully saturated rings. The van der Waals surface area contributed by atoms with Crippen LogP contribution in [0, 0.1) is 10.1 Å². The van der Waals surface area contributed by atoms with Crippen molar-refractivity contribution in [3.8, 4) is 5.75 Å². The zero-order valence-electron chi connectivity index (χ0n) is 13.4. The van der Waals surface area contributed by atoms with Gasteiger partial charge in [0.05, 0.1) is 26.4 Å². The van der Waals surface area contributed by atoms with Crippen LogP contribution in [0.5, 0.6) is 5.75 Å². The fourth-order valence-corrected chi connectivity index (χ4v) is 3.52.